The van der Waals surface area contributed by atoms with Crippen LogP contribution in [0.25, 0.3) is 11.0 Å². The monoisotopic (exact) mass is 475 g/mol. The molecule has 27 heavy (non-hydrogen) atoms. The number of anilines is 1. The van der Waals surface area contributed by atoms with Gasteiger partial charge in [0.25, 0.3) is 0 Å². The molecule has 1 aromatic heterocycles. The number of imidazole rings is 1. The average molecular weight is 475 g/mol. The number of halogens is 1. The number of guanidine groups is 1. The first-order valence-electron chi connectivity index (χ1n) is 9.40. The van der Waals surface area contributed by atoms with Crippen molar-refractivity contribution in [2.75, 3.05) is 24.5 Å². The number of aromatic nitrogens is 2. The van der Waals surface area contributed by atoms with Crippen LogP contribution >= 0.6 is 24.0 Å². The summed E-state index contributed by atoms with van der Waals surface area (Å²) in [6, 6.07) is 16.9. The van der Waals surface area contributed by atoms with Crippen LogP contribution in [0.4, 0.5) is 5.69 Å². The van der Waals surface area contributed by atoms with Crippen molar-refractivity contribution in [3.05, 3.63) is 60.4 Å². The molecule has 0 amide bonds. The fourth-order valence-electron chi connectivity index (χ4n) is 3.57. The minimum Gasteiger partial charge on any atom is -0.356 e. The lowest BCUT2D eigenvalue weighted by atomic mass is 10.2. The zero-order chi connectivity index (χ0) is 17.8. The van der Waals surface area contributed by atoms with E-state index in [9.17, 15) is 0 Å². The molecule has 0 saturated heterocycles. The van der Waals surface area contributed by atoms with Gasteiger partial charge in [0.15, 0.2) is 5.96 Å². The van der Waals surface area contributed by atoms with E-state index in [0.29, 0.717) is 0 Å². The first-order chi connectivity index (χ1) is 12.9. The van der Waals surface area contributed by atoms with Crippen LogP contribution in [-0.2, 0) is 13.0 Å². The molecule has 5 nitrogen and oxygen atoms in total. The van der Waals surface area contributed by atoms with Crippen molar-refractivity contribution in [2.24, 2.45) is 4.99 Å². The Balaban J connectivity index is 0.00000210. The van der Waals surface area contributed by atoms with Crippen LogP contribution in [-0.4, -0.2) is 35.1 Å². The molecule has 0 atom stereocenters. The maximum atomic E-state index is 4.87. The van der Waals surface area contributed by atoms with Gasteiger partial charge in [-0.2, -0.15) is 0 Å². The van der Waals surface area contributed by atoms with Crippen molar-refractivity contribution in [2.45, 2.75) is 26.3 Å². The van der Waals surface area contributed by atoms with Crippen LogP contribution in [0, 0.1) is 0 Å². The summed E-state index contributed by atoms with van der Waals surface area (Å²) < 4.78 is 2.21. The van der Waals surface area contributed by atoms with E-state index in [1.807, 2.05) is 12.4 Å². The first kappa shape index (κ1) is 19.7. The Labute approximate surface area is 177 Å². The van der Waals surface area contributed by atoms with Crippen LogP contribution in [0.5, 0.6) is 0 Å². The Bertz CT molecular complexity index is 918. The van der Waals surface area contributed by atoms with Gasteiger partial charge in [0, 0.05) is 31.9 Å². The highest BCUT2D eigenvalue weighted by molar-refractivity contribution is 14.0. The lowest BCUT2D eigenvalue weighted by Crippen LogP contribution is -2.40. The van der Waals surface area contributed by atoms with Crippen LogP contribution in [0.2, 0.25) is 0 Å². The molecular weight excluding hydrogens is 449 g/mol. The number of nitrogens with one attached hydrogen (secondary N) is 1. The van der Waals surface area contributed by atoms with E-state index in [4.69, 9.17) is 4.99 Å². The predicted molar refractivity (Wildman–Crippen MR) is 123 cm³/mol. The summed E-state index contributed by atoms with van der Waals surface area (Å²) in [5, 5.41) is 3.45. The molecule has 1 aliphatic rings. The van der Waals surface area contributed by atoms with Crippen molar-refractivity contribution in [3.63, 3.8) is 0 Å². The summed E-state index contributed by atoms with van der Waals surface area (Å²) in [5.41, 5.74) is 4.94. The molecule has 142 valence electrons. The lowest BCUT2D eigenvalue weighted by molar-refractivity contribution is 0.664. The van der Waals surface area contributed by atoms with Crippen molar-refractivity contribution in [3.8, 4) is 0 Å². The van der Waals surface area contributed by atoms with Gasteiger partial charge in [0.05, 0.1) is 17.4 Å². The number of benzene rings is 2. The van der Waals surface area contributed by atoms with Gasteiger partial charge in [-0.15, -0.1) is 24.0 Å². The second-order valence-electron chi connectivity index (χ2n) is 6.55. The van der Waals surface area contributed by atoms with E-state index in [2.05, 4.69) is 69.2 Å². The second kappa shape index (κ2) is 9.21. The summed E-state index contributed by atoms with van der Waals surface area (Å²) in [6.07, 6.45) is 4.00. The molecular formula is C21H26IN5. The molecule has 0 fully saturated rings. The van der Waals surface area contributed by atoms with Gasteiger partial charge in [-0.3, -0.25) is 4.99 Å². The van der Waals surface area contributed by atoms with Gasteiger partial charge in [-0.1, -0.05) is 30.3 Å². The van der Waals surface area contributed by atoms with Gasteiger partial charge in [0.2, 0.25) is 0 Å². The number of rotatable bonds is 5. The minimum absolute atomic E-state index is 0. The van der Waals surface area contributed by atoms with E-state index in [1.165, 1.54) is 16.8 Å². The number of fused-ring (bicyclic) bond motifs is 2. The van der Waals surface area contributed by atoms with Crippen LogP contribution in [0.3, 0.4) is 0 Å². The highest BCUT2D eigenvalue weighted by Gasteiger charge is 2.22. The fourth-order valence-corrected chi connectivity index (χ4v) is 3.57. The number of aryl methyl sites for hydroxylation is 1. The highest BCUT2D eigenvalue weighted by atomic mass is 127. The fraction of sp³-hybridized carbons (Fsp3) is 0.333. The third-order valence-electron chi connectivity index (χ3n) is 4.82. The molecule has 4 rings (SSSR count). The Morgan fingerprint density at radius 2 is 1.96 bits per heavy atom. The number of para-hydroxylation sites is 3. The summed E-state index contributed by atoms with van der Waals surface area (Å²) in [7, 11) is 0. The maximum Gasteiger partial charge on any atom is 0.198 e. The molecule has 0 saturated carbocycles. The maximum absolute atomic E-state index is 4.87. The van der Waals surface area contributed by atoms with Gasteiger partial charge in [0.1, 0.15) is 0 Å². The molecule has 2 aromatic carbocycles. The minimum atomic E-state index is 0. The Morgan fingerprint density at radius 3 is 2.85 bits per heavy atom. The molecule has 0 unspecified atom stereocenters. The normalized spacial score (nSPS) is 13.5. The lowest BCUT2D eigenvalue weighted by Gasteiger charge is -2.22. The summed E-state index contributed by atoms with van der Waals surface area (Å²) in [6.45, 7) is 5.73. The predicted octanol–water partition coefficient (Wildman–Crippen LogP) is 4.07. The van der Waals surface area contributed by atoms with Crippen LogP contribution in [0.1, 0.15) is 18.9 Å². The van der Waals surface area contributed by atoms with E-state index in [0.717, 1.165) is 50.5 Å². The van der Waals surface area contributed by atoms with E-state index in [1.54, 1.807) is 0 Å². The zero-order valence-corrected chi connectivity index (χ0v) is 18.0. The number of aliphatic imine (C=N–C) groups is 1. The average Bonchev–Trinajstić information content (AvgIpc) is 3.29. The molecule has 0 aliphatic carbocycles. The van der Waals surface area contributed by atoms with Crippen LogP contribution in [0.15, 0.2) is 59.9 Å². The highest BCUT2D eigenvalue weighted by Crippen LogP contribution is 2.27. The standard InChI is InChI=1S/C21H25N5.HI/c1-2-22-21(26-15-12-17-8-3-5-10-19(17)26)23-13-7-14-25-16-24-18-9-4-6-11-20(18)25;/h3-6,8-11,16H,2,7,12-15H2,1H3,(H,22,23);1H. The Morgan fingerprint density at radius 1 is 1.15 bits per heavy atom. The van der Waals surface area contributed by atoms with Gasteiger partial charge >= 0.3 is 0 Å². The molecule has 3 aromatic rings. The second-order valence-corrected chi connectivity index (χ2v) is 6.55. The third kappa shape index (κ3) is 4.26. The smallest absolute Gasteiger partial charge is 0.198 e. The molecule has 0 spiro atoms. The van der Waals surface area contributed by atoms with E-state index >= 15 is 0 Å². The summed E-state index contributed by atoms with van der Waals surface area (Å²) >= 11 is 0. The first-order valence-corrected chi connectivity index (χ1v) is 9.40. The van der Waals surface area contributed by atoms with Gasteiger partial charge in [-0.05, 0) is 43.5 Å². The molecule has 0 radical (unpaired) electrons. The summed E-state index contributed by atoms with van der Waals surface area (Å²) in [5.74, 6) is 0.993. The Hall–Kier alpha value is -2.09. The number of hydrogen-bond donors (Lipinski definition) is 1. The SMILES string of the molecule is CCNC(=NCCCn1cnc2ccccc21)N1CCc2ccccc21.I. The third-order valence-corrected chi connectivity index (χ3v) is 4.82. The molecule has 6 heteroatoms. The largest absolute Gasteiger partial charge is 0.356 e. The molecule has 0 bridgehead atoms. The van der Waals surface area contributed by atoms with Gasteiger partial charge in [-0.25, -0.2) is 4.98 Å². The molecule has 1 N–H and O–H groups in total. The number of hydrogen-bond acceptors (Lipinski definition) is 2. The quantitative estimate of drug-likeness (QED) is 0.262. The molecule has 2 heterocycles. The van der Waals surface area contributed by atoms with E-state index in [-0.39, 0.29) is 24.0 Å². The summed E-state index contributed by atoms with van der Waals surface area (Å²) in [4.78, 5) is 11.6. The van der Waals surface area contributed by atoms with Gasteiger partial charge < -0.3 is 14.8 Å². The molecule has 1 aliphatic heterocycles. The van der Waals surface area contributed by atoms with Crippen molar-refractivity contribution in [1.29, 1.82) is 0 Å². The van der Waals surface area contributed by atoms with Crippen molar-refractivity contribution < 1.29 is 0 Å². The Kier molecular flexibility index (Phi) is 6.71. The zero-order valence-electron chi connectivity index (χ0n) is 15.6. The number of nitrogens with zero attached hydrogens (tertiary/aromatic N) is 4. The van der Waals surface area contributed by atoms with Crippen molar-refractivity contribution in [1.82, 2.24) is 14.9 Å². The van der Waals surface area contributed by atoms with Crippen molar-refractivity contribution >= 4 is 46.7 Å². The topological polar surface area (TPSA) is 45.5 Å². The van der Waals surface area contributed by atoms with Crippen LogP contribution < -0.4 is 10.2 Å². The van der Waals surface area contributed by atoms with E-state index < -0.39 is 0 Å².